The number of pyridine rings is 1. The molecule has 1 N–H and O–H groups in total. The zero-order valence-electron chi connectivity index (χ0n) is 15.1. The summed E-state index contributed by atoms with van der Waals surface area (Å²) in [6.45, 7) is 0.996. The predicted molar refractivity (Wildman–Crippen MR) is 97.2 cm³/mol. The summed E-state index contributed by atoms with van der Waals surface area (Å²) in [5, 5.41) is 10.8. The van der Waals surface area contributed by atoms with E-state index in [1.807, 2.05) is 24.3 Å². The van der Waals surface area contributed by atoms with Crippen LogP contribution in [0.1, 0.15) is 24.1 Å². The maximum atomic E-state index is 12.7. The molecule has 0 radical (unpaired) electrons. The predicted octanol–water partition coefficient (Wildman–Crippen LogP) is 2.15. The van der Waals surface area contributed by atoms with Gasteiger partial charge < -0.3 is 19.5 Å². The van der Waals surface area contributed by atoms with E-state index in [0.717, 1.165) is 5.56 Å². The van der Waals surface area contributed by atoms with E-state index in [9.17, 15) is 9.90 Å². The second-order valence-electron chi connectivity index (χ2n) is 6.48. The molecule has 0 unspecified atom stereocenters. The van der Waals surface area contributed by atoms with E-state index < -0.39 is 5.60 Å². The number of carbonyl (C=O) groups is 1. The Labute approximate surface area is 153 Å². The number of aromatic nitrogens is 1. The summed E-state index contributed by atoms with van der Waals surface area (Å²) >= 11 is 0. The number of benzene rings is 1. The third kappa shape index (κ3) is 3.80. The minimum absolute atomic E-state index is 0.0135. The average molecular weight is 356 g/mol. The molecular formula is C20H24N2O4. The minimum Gasteiger partial charge on any atom is -0.497 e. The van der Waals surface area contributed by atoms with Crippen LogP contribution < -0.4 is 9.47 Å². The van der Waals surface area contributed by atoms with Crippen LogP contribution in [0.25, 0.3) is 0 Å². The highest BCUT2D eigenvalue weighted by Crippen LogP contribution is 2.32. The van der Waals surface area contributed by atoms with Gasteiger partial charge in [-0.05, 0) is 43.2 Å². The highest BCUT2D eigenvalue weighted by atomic mass is 16.5. The van der Waals surface area contributed by atoms with Crippen LogP contribution in [0.4, 0.5) is 0 Å². The van der Waals surface area contributed by atoms with Gasteiger partial charge >= 0.3 is 0 Å². The van der Waals surface area contributed by atoms with Crippen molar-refractivity contribution >= 4 is 5.91 Å². The zero-order valence-corrected chi connectivity index (χ0v) is 15.1. The lowest BCUT2D eigenvalue weighted by Gasteiger charge is -2.37. The van der Waals surface area contributed by atoms with Crippen molar-refractivity contribution in [3.05, 3.63) is 53.9 Å². The van der Waals surface area contributed by atoms with Gasteiger partial charge in [-0.25, -0.2) is 0 Å². The fourth-order valence-corrected chi connectivity index (χ4v) is 3.32. The largest absolute Gasteiger partial charge is 0.497 e. The second kappa shape index (κ2) is 7.74. The molecule has 2 heterocycles. The molecule has 26 heavy (non-hydrogen) atoms. The Bertz CT molecular complexity index is 756. The van der Waals surface area contributed by atoms with Crippen molar-refractivity contribution < 1.29 is 19.4 Å². The number of carbonyl (C=O) groups excluding carboxylic acids is 1. The first kappa shape index (κ1) is 18.2. The van der Waals surface area contributed by atoms with E-state index in [1.54, 1.807) is 37.4 Å². The number of piperidine rings is 1. The topological polar surface area (TPSA) is 71.9 Å². The number of likely N-dealkylation sites (tertiary alicyclic amines) is 1. The van der Waals surface area contributed by atoms with Gasteiger partial charge in [-0.15, -0.1) is 0 Å². The van der Waals surface area contributed by atoms with Crippen LogP contribution in [-0.4, -0.2) is 48.2 Å². The van der Waals surface area contributed by atoms with E-state index in [2.05, 4.69) is 4.98 Å². The summed E-state index contributed by atoms with van der Waals surface area (Å²) in [5.41, 5.74) is 0.495. The van der Waals surface area contributed by atoms with Crippen LogP contribution in [0.5, 0.6) is 11.5 Å². The summed E-state index contributed by atoms with van der Waals surface area (Å²) in [4.78, 5) is 18.8. The van der Waals surface area contributed by atoms with Gasteiger partial charge in [0.1, 0.15) is 17.1 Å². The van der Waals surface area contributed by atoms with Crippen molar-refractivity contribution in [2.24, 2.45) is 0 Å². The Morgan fingerprint density at radius 3 is 2.58 bits per heavy atom. The standard InChI is InChI=1S/C20H24N2O4/c1-25-16-6-7-17(26-2)15(13-16)14-19(23)22-11-8-20(24,9-12-22)18-5-3-4-10-21-18/h3-7,10,13,24H,8-9,11-12,14H2,1-2H3. The van der Waals surface area contributed by atoms with E-state index >= 15 is 0 Å². The smallest absolute Gasteiger partial charge is 0.227 e. The molecule has 3 rings (SSSR count). The van der Waals surface area contributed by atoms with Crippen LogP contribution >= 0.6 is 0 Å². The first-order valence-electron chi connectivity index (χ1n) is 8.68. The van der Waals surface area contributed by atoms with Gasteiger partial charge in [0.25, 0.3) is 0 Å². The van der Waals surface area contributed by atoms with Crippen molar-refractivity contribution in [2.75, 3.05) is 27.3 Å². The maximum Gasteiger partial charge on any atom is 0.227 e. The monoisotopic (exact) mass is 356 g/mol. The molecule has 6 nitrogen and oxygen atoms in total. The molecule has 1 amide bonds. The molecule has 138 valence electrons. The molecule has 0 saturated carbocycles. The minimum atomic E-state index is -0.967. The molecular weight excluding hydrogens is 332 g/mol. The van der Waals surface area contributed by atoms with Gasteiger partial charge in [0.15, 0.2) is 0 Å². The lowest BCUT2D eigenvalue weighted by molar-refractivity contribution is -0.135. The third-order valence-corrected chi connectivity index (χ3v) is 4.91. The molecule has 1 fully saturated rings. The highest BCUT2D eigenvalue weighted by Gasteiger charge is 2.36. The van der Waals surface area contributed by atoms with Crippen molar-refractivity contribution in [1.29, 1.82) is 0 Å². The normalized spacial score (nSPS) is 16.2. The average Bonchev–Trinajstić information content (AvgIpc) is 2.69. The summed E-state index contributed by atoms with van der Waals surface area (Å²) in [6, 6.07) is 11.0. The third-order valence-electron chi connectivity index (χ3n) is 4.91. The number of amides is 1. The van der Waals surface area contributed by atoms with Gasteiger partial charge in [-0.2, -0.15) is 0 Å². The van der Waals surface area contributed by atoms with Crippen LogP contribution in [0, 0.1) is 0 Å². The Morgan fingerprint density at radius 1 is 1.19 bits per heavy atom. The molecule has 1 aromatic heterocycles. The number of rotatable bonds is 5. The first-order chi connectivity index (χ1) is 12.6. The number of ether oxygens (including phenoxy) is 2. The van der Waals surface area contributed by atoms with E-state index in [-0.39, 0.29) is 12.3 Å². The lowest BCUT2D eigenvalue weighted by atomic mass is 9.87. The molecule has 0 spiro atoms. The lowest BCUT2D eigenvalue weighted by Crippen LogP contribution is -2.46. The van der Waals surface area contributed by atoms with Gasteiger partial charge in [-0.3, -0.25) is 9.78 Å². The van der Waals surface area contributed by atoms with Gasteiger partial charge in [0, 0.05) is 24.8 Å². The van der Waals surface area contributed by atoms with E-state index in [4.69, 9.17) is 9.47 Å². The number of hydrogen-bond acceptors (Lipinski definition) is 5. The molecule has 0 atom stereocenters. The van der Waals surface area contributed by atoms with Crippen LogP contribution in [0.2, 0.25) is 0 Å². The fraction of sp³-hybridized carbons (Fsp3) is 0.400. The van der Waals surface area contributed by atoms with Gasteiger partial charge in [0.2, 0.25) is 5.91 Å². The van der Waals surface area contributed by atoms with Crippen molar-refractivity contribution in [2.45, 2.75) is 24.9 Å². The van der Waals surface area contributed by atoms with E-state index in [1.165, 1.54) is 0 Å². The highest BCUT2D eigenvalue weighted by molar-refractivity contribution is 5.79. The Morgan fingerprint density at radius 2 is 1.96 bits per heavy atom. The molecule has 1 aliphatic heterocycles. The first-order valence-corrected chi connectivity index (χ1v) is 8.68. The van der Waals surface area contributed by atoms with Crippen molar-refractivity contribution in [3.63, 3.8) is 0 Å². The quantitative estimate of drug-likeness (QED) is 0.889. The summed E-state index contributed by atoms with van der Waals surface area (Å²) in [5.74, 6) is 1.37. The molecule has 6 heteroatoms. The molecule has 0 bridgehead atoms. The van der Waals surface area contributed by atoms with Crippen LogP contribution in [0.3, 0.4) is 0 Å². The van der Waals surface area contributed by atoms with Crippen LogP contribution in [-0.2, 0) is 16.8 Å². The Balaban J connectivity index is 1.66. The van der Waals surface area contributed by atoms with Crippen molar-refractivity contribution in [1.82, 2.24) is 9.88 Å². The van der Waals surface area contributed by atoms with Gasteiger partial charge in [-0.1, -0.05) is 6.07 Å². The maximum absolute atomic E-state index is 12.7. The van der Waals surface area contributed by atoms with Crippen LogP contribution in [0.15, 0.2) is 42.6 Å². The molecule has 0 aliphatic carbocycles. The number of aliphatic hydroxyl groups is 1. The number of hydrogen-bond donors (Lipinski definition) is 1. The SMILES string of the molecule is COc1ccc(OC)c(CC(=O)N2CCC(O)(c3ccccn3)CC2)c1. The zero-order chi connectivity index (χ0) is 18.6. The molecule has 2 aromatic rings. The van der Waals surface area contributed by atoms with Crippen molar-refractivity contribution in [3.8, 4) is 11.5 Å². The summed E-state index contributed by atoms with van der Waals surface area (Å²) in [6.07, 6.45) is 2.87. The second-order valence-corrected chi connectivity index (χ2v) is 6.48. The van der Waals surface area contributed by atoms with Gasteiger partial charge in [0.05, 0.1) is 26.3 Å². The molecule has 1 saturated heterocycles. The number of methoxy groups -OCH3 is 2. The summed E-state index contributed by atoms with van der Waals surface area (Å²) < 4.78 is 10.6. The fourth-order valence-electron chi connectivity index (χ4n) is 3.32. The Hall–Kier alpha value is -2.60. The molecule has 1 aromatic carbocycles. The van der Waals surface area contributed by atoms with E-state index in [0.29, 0.717) is 43.1 Å². The Kier molecular flexibility index (Phi) is 5.42. The number of nitrogens with zero attached hydrogens (tertiary/aromatic N) is 2. The molecule has 1 aliphatic rings. The summed E-state index contributed by atoms with van der Waals surface area (Å²) in [7, 11) is 3.18.